The Bertz CT molecular complexity index is 482. The van der Waals surface area contributed by atoms with Crippen LogP contribution in [0.2, 0.25) is 0 Å². The molecule has 2 aromatic rings. The standard InChI is InChI=1S/C17H21NO/c1-2-18-12-16-9-6-10-17(11-16)14-19-13-15-7-4-3-5-8-15/h3-11,18H,2,12-14H2,1H3. The van der Waals surface area contributed by atoms with E-state index in [-0.39, 0.29) is 0 Å². The van der Waals surface area contributed by atoms with Gasteiger partial charge in [0.05, 0.1) is 13.2 Å². The minimum atomic E-state index is 0.662. The van der Waals surface area contributed by atoms with E-state index in [0.29, 0.717) is 13.2 Å². The highest BCUT2D eigenvalue weighted by Gasteiger charge is 1.97. The third kappa shape index (κ3) is 4.86. The average molecular weight is 255 g/mol. The molecule has 2 rings (SSSR count). The Labute approximate surface area is 115 Å². The fourth-order valence-corrected chi connectivity index (χ4v) is 1.96. The maximum Gasteiger partial charge on any atom is 0.0721 e. The second-order valence-corrected chi connectivity index (χ2v) is 4.58. The van der Waals surface area contributed by atoms with Crippen LogP contribution in [-0.2, 0) is 24.5 Å². The lowest BCUT2D eigenvalue weighted by molar-refractivity contribution is 0.107. The number of benzene rings is 2. The van der Waals surface area contributed by atoms with Gasteiger partial charge in [-0.2, -0.15) is 0 Å². The van der Waals surface area contributed by atoms with Gasteiger partial charge in [-0.1, -0.05) is 61.5 Å². The Morgan fingerprint density at radius 2 is 1.53 bits per heavy atom. The molecule has 0 aliphatic heterocycles. The number of hydrogen-bond donors (Lipinski definition) is 1. The molecule has 0 aliphatic carbocycles. The molecule has 0 unspecified atom stereocenters. The number of hydrogen-bond acceptors (Lipinski definition) is 2. The van der Waals surface area contributed by atoms with E-state index in [1.165, 1.54) is 16.7 Å². The Morgan fingerprint density at radius 1 is 0.842 bits per heavy atom. The fourth-order valence-electron chi connectivity index (χ4n) is 1.96. The Hall–Kier alpha value is -1.64. The van der Waals surface area contributed by atoms with Crippen molar-refractivity contribution in [3.63, 3.8) is 0 Å². The lowest BCUT2D eigenvalue weighted by Crippen LogP contribution is -2.11. The minimum absolute atomic E-state index is 0.662. The summed E-state index contributed by atoms with van der Waals surface area (Å²) in [6.07, 6.45) is 0. The van der Waals surface area contributed by atoms with E-state index >= 15 is 0 Å². The van der Waals surface area contributed by atoms with E-state index in [1.807, 2.05) is 18.2 Å². The molecule has 0 aromatic heterocycles. The van der Waals surface area contributed by atoms with E-state index in [2.05, 4.69) is 48.6 Å². The second kappa shape index (κ2) is 7.72. The van der Waals surface area contributed by atoms with Gasteiger partial charge in [-0.25, -0.2) is 0 Å². The van der Waals surface area contributed by atoms with Gasteiger partial charge >= 0.3 is 0 Å². The zero-order valence-electron chi connectivity index (χ0n) is 11.4. The summed E-state index contributed by atoms with van der Waals surface area (Å²) < 4.78 is 5.74. The number of nitrogens with one attached hydrogen (secondary N) is 1. The molecule has 2 aromatic carbocycles. The molecule has 0 spiro atoms. The van der Waals surface area contributed by atoms with Crippen LogP contribution in [-0.4, -0.2) is 6.54 Å². The summed E-state index contributed by atoms with van der Waals surface area (Å²) >= 11 is 0. The second-order valence-electron chi connectivity index (χ2n) is 4.58. The molecule has 0 atom stereocenters. The molecule has 0 bridgehead atoms. The third-order valence-electron chi connectivity index (χ3n) is 2.95. The summed E-state index contributed by atoms with van der Waals surface area (Å²) in [5.74, 6) is 0. The molecule has 0 saturated carbocycles. The van der Waals surface area contributed by atoms with Crippen molar-refractivity contribution in [2.45, 2.75) is 26.7 Å². The maximum absolute atomic E-state index is 5.74. The van der Waals surface area contributed by atoms with Gasteiger partial charge in [0.25, 0.3) is 0 Å². The summed E-state index contributed by atoms with van der Waals surface area (Å²) in [5.41, 5.74) is 3.75. The summed E-state index contributed by atoms with van der Waals surface area (Å²) in [7, 11) is 0. The maximum atomic E-state index is 5.74. The van der Waals surface area contributed by atoms with Crippen LogP contribution in [0.1, 0.15) is 23.6 Å². The Balaban J connectivity index is 1.82. The molecule has 1 N–H and O–H groups in total. The van der Waals surface area contributed by atoms with Crippen molar-refractivity contribution >= 4 is 0 Å². The predicted molar refractivity (Wildman–Crippen MR) is 78.8 cm³/mol. The highest BCUT2D eigenvalue weighted by atomic mass is 16.5. The molecule has 100 valence electrons. The zero-order valence-corrected chi connectivity index (χ0v) is 11.4. The lowest BCUT2D eigenvalue weighted by atomic mass is 10.1. The highest BCUT2D eigenvalue weighted by molar-refractivity contribution is 5.23. The predicted octanol–water partition coefficient (Wildman–Crippen LogP) is 3.51. The van der Waals surface area contributed by atoms with Crippen LogP contribution in [0.5, 0.6) is 0 Å². The van der Waals surface area contributed by atoms with Gasteiger partial charge in [0, 0.05) is 6.54 Å². The van der Waals surface area contributed by atoms with Crippen molar-refractivity contribution in [3.8, 4) is 0 Å². The van der Waals surface area contributed by atoms with Crippen molar-refractivity contribution in [3.05, 3.63) is 71.3 Å². The van der Waals surface area contributed by atoms with E-state index in [9.17, 15) is 0 Å². The molecule has 0 aliphatic rings. The lowest BCUT2D eigenvalue weighted by Gasteiger charge is -2.07. The van der Waals surface area contributed by atoms with Crippen LogP contribution in [0.25, 0.3) is 0 Å². The third-order valence-corrected chi connectivity index (χ3v) is 2.95. The van der Waals surface area contributed by atoms with Gasteiger partial charge in [0.1, 0.15) is 0 Å². The minimum Gasteiger partial charge on any atom is -0.372 e. The van der Waals surface area contributed by atoms with E-state index < -0.39 is 0 Å². The van der Waals surface area contributed by atoms with E-state index in [0.717, 1.165) is 13.1 Å². The van der Waals surface area contributed by atoms with Crippen LogP contribution in [0.15, 0.2) is 54.6 Å². The molecule has 0 heterocycles. The van der Waals surface area contributed by atoms with Crippen LogP contribution < -0.4 is 5.32 Å². The first-order chi connectivity index (χ1) is 9.38. The Kier molecular flexibility index (Phi) is 5.60. The van der Waals surface area contributed by atoms with Crippen molar-refractivity contribution < 1.29 is 4.74 Å². The van der Waals surface area contributed by atoms with Crippen molar-refractivity contribution in [2.75, 3.05) is 6.54 Å². The first kappa shape index (κ1) is 13.8. The average Bonchev–Trinajstić information content (AvgIpc) is 2.47. The number of ether oxygens (including phenoxy) is 1. The van der Waals surface area contributed by atoms with Gasteiger partial charge in [-0.3, -0.25) is 0 Å². The molecule has 2 heteroatoms. The molecular weight excluding hydrogens is 234 g/mol. The quantitative estimate of drug-likeness (QED) is 0.817. The SMILES string of the molecule is CCNCc1cccc(COCc2ccccc2)c1. The number of rotatable bonds is 7. The monoisotopic (exact) mass is 255 g/mol. The molecule has 19 heavy (non-hydrogen) atoms. The van der Waals surface area contributed by atoms with Gasteiger partial charge in [0.15, 0.2) is 0 Å². The van der Waals surface area contributed by atoms with E-state index in [4.69, 9.17) is 4.74 Å². The first-order valence-corrected chi connectivity index (χ1v) is 6.78. The van der Waals surface area contributed by atoms with Gasteiger partial charge in [-0.15, -0.1) is 0 Å². The summed E-state index contributed by atoms with van der Waals surface area (Å²) in [4.78, 5) is 0. The van der Waals surface area contributed by atoms with E-state index in [1.54, 1.807) is 0 Å². The van der Waals surface area contributed by atoms with Crippen molar-refractivity contribution in [1.29, 1.82) is 0 Å². The topological polar surface area (TPSA) is 21.3 Å². The summed E-state index contributed by atoms with van der Waals surface area (Å²) in [6.45, 7) is 5.36. The summed E-state index contributed by atoms with van der Waals surface area (Å²) in [6, 6.07) is 18.8. The molecule has 0 fully saturated rings. The Morgan fingerprint density at radius 3 is 2.32 bits per heavy atom. The molecule has 0 radical (unpaired) electrons. The highest BCUT2D eigenvalue weighted by Crippen LogP contribution is 2.08. The first-order valence-electron chi connectivity index (χ1n) is 6.78. The van der Waals surface area contributed by atoms with Crippen LogP contribution in [0.4, 0.5) is 0 Å². The van der Waals surface area contributed by atoms with Crippen LogP contribution in [0, 0.1) is 0 Å². The van der Waals surface area contributed by atoms with Crippen LogP contribution >= 0.6 is 0 Å². The smallest absolute Gasteiger partial charge is 0.0721 e. The molecular formula is C17H21NO. The molecule has 0 saturated heterocycles. The normalized spacial score (nSPS) is 10.6. The zero-order chi connectivity index (χ0) is 13.3. The van der Waals surface area contributed by atoms with Gasteiger partial charge in [0.2, 0.25) is 0 Å². The molecule has 2 nitrogen and oxygen atoms in total. The summed E-state index contributed by atoms with van der Waals surface area (Å²) in [5, 5.41) is 3.33. The van der Waals surface area contributed by atoms with Gasteiger partial charge in [-0.05, 0) is 23.2 Å². The van der Waals surface area contributed by atoms with Gasteiger partial charge < -0.3 is 10.1 Å². The molecule has 0 amide bonds. The van der Waals surface area contributed by atoms with Crippen molar-refractivity contribution in [2.24, 2.45) is 0 Å². The fraction of sp³-hybridized carbons (Fsp3) is 0.294. The van der Waals surface area contributed by atoms with Crippen molar-refractivity contribution in [1.82, 2.24) is 5.32 Å². The largest absolute Gasteiger partial charge is 0.372 e. The van der Waals surface area contributed by atoms with Crippen LogP contribution in [0.3, 0.4) is 0 Å².